The maximum Gasteiger partial charge on any atom is 0.337 e. The van der Waals surface area contributed by atoms with Crippen LogP contribution in [0.25, 0.3) is 0 Å². The van der Waals surface area contributed by atoms with Crippen molar-refractivity contribution in [2.24, 2.45) is 29.6 Å². The Hall–Kier alpha value is -3.05. The third kappa shape index (κ3) is 7.63. The molecule has 0 unspecified atom stereocenters. The normalized spacial score (nSPS) is 46.1. The Balaban J connectivity index is 1.64. The van der Waals surface area contributed by atoms with E-state index in [2.05, 4.69) is 6.58 Å². The molecule has 18 atom stereocenters. The molecule has 0 amide bonds. The van der Waals surface area contributed by atoms with Crippen LogP contribution in [0.2, 0.25) is 0 Å². The molecule has 0 aromatic carbocycles. The molecule has 4 heterocycles. The van der Waals surface area contributed by atoms with E-state index in [1.807, 2.05) is 0 Å². The fourth-order valence-electron chi connectivity index (χ4n) is 7.44. The zero-order chi connectivity index (χ0) is 38.0. The second-order valence-corrected chi connectivity index (χ2v) is 13.4. The number of carbonyl (C=O) groups is 3. The van der Waals surface area contributed by atoms with Crippen molar-refractivity contribution in [2.75, 3.05) is 20.3 Å². The summed E-state index contributed by atoms with van der Waals surface area (Å²) >= 11 is 0. The van der Waals surface area contributed by atoms with E-state index in [0.717, 1.165) is 19.6 Å². The highest BCUT2D eigenvalue weighted by Gasteiger charge is 2.54. The molecule has 0 aromatic heterocycles. The topological polar surface area (TPSA) is 287 Å². The number of fused-ring (bicyclic) bond motifs is 4. The third-order valence-electron chi connectivity index (χ3n) is 10.5. The van der Waals surface area contributed by atoms with Crippen LogP contribution in [0.5, 0.6) is 0 Å². The van der Waals surface area contributed by atoms with Crippen LogP contribution in [0.3, 0.4) is 0 Å². The lowest BCUT2D eigenvalue weighted by Gasteiger charge is -2.46. The summed E-state index contributed by atoms with van der Waals surface area (Å²) in [4.78, 5) is 39.4. The van der Waals surface area contributed by atoms with Gasteiger partial charge in [0.15, 0.2) is 12.6 Å². The monoisotopic (exact) mass is 746 g/mol. The van der Waals surface area contributed by atoms with E-state index in [1.165, 1.54) is 0 Å². The number of aliphatic hydroxyl groups is 8. The predicted molar refractivity (Wildman–Crippen MR) is 166 cm³/mol. The number of aldehydes is 1. The molecule has 292 valence electrons. The first kappa shape index (κ1) is 40.1. The lowest BCUT2D eigenvalue weighted by Crippen LogP contribution is -2.62. The zero-order valence-corrected chi connectivity index (χ0v) is 28.3. The molecule has 0 radical (unpaired) electrons. The molecule has 19 nitrogen and oxygen atoms in total. The quantitative estimate of drug-likeness (QED) is 0.0610. The van der Waals surface area contributed by atoms with Crippen molar-refractivity contribution < 1.29 is 93.1 Å². The van der Waals surface area contributed by atoms with Crippen LogP contribution < -0.4 is 0 Å². The van der Waals surface area contributed by atoms with Gasteiger partial charge >= 0.3 is 11.9 Å². The first-order valence-electron chi connectivity index (χ1n) is 16.8. The molecule has 52 heavy (non-hydrogen) atoms. The predicted octanol–water partition coefficient (Wildman–Crippen LogP) is -3.54. The number of methoxy groups -OCH3 is 1. The molecular weight excluding hydrogens is 700 g/mol. The summed E-state index contributed by atoms with van der Waals surface area (Å²) in [6.45, 7) is 4.06. The van der Waals surface area contributed by atoms with E-state index in [4.69, 9.17) is 37.9 Å². The number of rotatable bonds is 10. The molecule has 1 aliphatic carbocycles. The molecule has 2 saturated heterocycles. The largest absolute Gasteiger partial charge is 0.471 e. The van der Waals surface area contributed by atoms with E-state index in [9.17, 15) is 55.2 Å². The van der Waals surface area contributed by atoms with Crippen LogP contribution in [-0.4, -0.2) is 159 Å². The van der Waals surface area contributed by atoms with Crippen LogP contribution >= 0.6 is 0 Å². The first-order chi connectivity index (χ1) is 24.8. The molecule has 0 spiro atoms. The lowest BCUT2D eigenvalue weighted by molar-refractivity contribution is -0.372. The van der Waals surface area contributed by atoms with Gasteiger partial charge < -0.3 is 83.5 Å². The summed E-state index contributed by atoms with van der Waals surface area (Å²) in [7, 11) is 1.14. The van der Waals surface area contributed by atoms with Crippen LogP contribution in [0.15, 0.2) is 36.3 Å². The fraction of sp³-hybridized carbons (Fsp3) is 0.727. The van der Waals surface area contributed by atoms with Gasteiger partial charge in [0, 0.05) is 24.2 Å². The number of esters is 2. The van der Waals surface area contributed by atoms with Crippen molar-refractivity contribution >= 4 is 18.2 Å². The van der Waals surface area contributed by atoms with Crippen LogP contribution in [0.4, 0.5) is 0 Å². The molecule has 4 bridgehead atoms. The Morgan fingerprint density at radius 1 is 0.865 bits per heavy atom. The Kier molecular flexibility index (Phi) is 13.1. The SMILES string of the molecule is C=C[C@H]1[C@H](C)[C@@H]2C[C@@H]1/C(C(=O)OC)=C/O[C@H](O[C@@H]1O[C@H](CO)[C@@H](O)[C@H](O)[C@H]1O)[C@H]1[C@H](O[C@@H]3O[C@H](CO)[C@@H](O)[C@H](O)[C@H]3O)OC=C(C(=O)O2)[C@H]1CC=O. The number of hydrogen-bond acceptors (Lipinski definition) is 19. The third-order valence-corrected chi connectivity index (χ3v) is 10.5. The smallest absolute Gasteiger partial charge is 0.337 e. The zero-order valence-electron chi connectivity index (χ0n) is 28.3. The molecule has 5 rings (SSSR count). The molecule has 0 aromatic rings. The van der Waals surface area contributed by atoms with Gasteiger partial charge in [-0.05, 0) is 12.3 Å². The summed E-state index contributed by atoms with van der Waals surface area (Å²) in [5, 5.41) is 82.8. The number of allylic oxidation sites excluding steroid dienone is 1. The molecule has 5 aliphatic rings. The van der Waals surface area contributed by atoms with Crippen LogP contribution in [0.1, 0.15) is 19.8 Å². The number of carbonyl (C=O) groups excluding carboxylic acids is 3. The summed E-state index contributed by atoms with van der Waals surface area (Å²) in [6.07, 6.45) is -18.4. The standard InChI is InChI=1S/C33H46O19/c1-4-13-12(2)18-7-15(13)17(28(43)45-3)11-47-31(52-33-27(42)25(40)23(38)20(9-36)50-33)21-14(5-6-34)16(29(44)48-18)10-46-30(21)51-32-26(41)24(39)22(37)19(8-35)49-32/h4,6,10-15,18-27,30-33,35-42H,1,5,7-9H2,2-3H3/b17-11-/t12-,13-,14+,15-,18-,19+,20+,21+,22+,23+,24-,25-,26+,27+,30-,31+,32-,33-/m0/s1. The summed E-state index contributed by atoms with van der Waals surface area (Å²) in [5.41, 5.74) is -0.244. The van der Waals surface area contributed by atoms with Gasteiger partial charge in [-0.2, -0.15) is 0 Å². The number of aliphatic hydroxyl groups excluding tert-OH is 8. The maximum absolute atomic E-state index is 13.9. The number of hydrogen-bond donors (Lipinski definition) is 8. The lowest BCUT2D eigenvalue weighted by atomic mass is 9.81. The maximum atomic E-state index is 13.9. The molecule has 8 N–H and O–H groups in total. The van der Waals surface area contributed by atoms with Gasteiger partial charge in [0.2, 0.25) is 12.6 Å². The van der Waals surface area contributed by atoms with Crippen LogP contribution in [0, 0.1) is 29.6 Å². The minimum atomic E-state index is -1.98. The highest BCUT2D eigenvalue weighted by Crippen LogP contribution is 2.46. The van der Waals surface area contributed by atoms with E-state index < -0.39 is 135 Å². The fourth-order valence-corrected chi connectivity index (χ4v) is 7.44. The van der Waals surface area contributed by atoms with Gasteiger partial charge in [0.25, 0.3) is 0 Å². The van der Waals surface area contributed by atoms with Gasteiger partial charge in [0.1, 0.15) is 61.2 Å². The Bertz CT molecular complexity index is 1350. The van der Waals surface area contributed by atoms with Crippen molar-refractivity contribution in [1.82, 2.24) is 0 Å². The van der Waals surface area contributed by atoms with Crippen LogP contribution in [-0.2, 0) is 52.3 Å². The van der Waals surface area contributed by atoms with Crippen molar-refractivity contribution in [3.05, 3.63) is 36.3 Å². The van der Waals surface area contributed by atoms with E-state index in [-0.39, 0.29) is 23.5 Å². The van der Waals surface area contributed by atoms with Gasteiger partial charge in [-0.25, -0.2) is 9.59 Å². The second-order valence-electron chi connectivity index (χ2n) is 13.4. The first-order valence-corrected chi connectivity index (χ1v) is 16.8. The Morgan fingerprint density at radius 3 is 1.88 bits per heavy atom. The average molecular weight is 747 g/mol. The highest BCUT2D eigenvalue weighted by atomic mass is 16.8. The van der Waals surface area contributed by atoms with Crippen molar-refractivity contribution in [3.63, 3.8) is 0 Å². The number of ether oxygens (including phenoxy) is 8. The Labute approximate surface area is 297 Å². The van der Waals surface area contributed by atoms with Crippen molar-refractivity contribution in [3.8, 4) is 0 Å². The van der Waals surface area contributed by atoms with Gasteiger partial charge in [-0.1, -0.05) is 13.0 Å². The summed E-state index contributed by atoms with van der Waals surface area (Å²) in [5.74, 6) is -6.03. The molecule has 19 heteroatoms. The van der Waals surface area contributed by atoms with Crippen molar-refractivity contribution in [1.29, 1.82) is 0 Å². The average Bonchev–Trinajstić information content (AvgIpc) is 3.44. The van der Waals surface area contributed by atoms with Gasteiger partial charge in [-0.3, -0.25) is 0 Å². The summed E-state index contributed by atoms with van der Waals surface area (Å²) in [6, 6.07) is 0. The molecule has 1 saturated carbocycles. The van der Waals surface area contributed by atoms with Gasteiger partial charge in [0.05, 0.1) is 49.9 Å². The molecule has 4 aliphatic heterocycles. The van der Waals surface area contributed by atoms with E-state index >= 15 is 0 Å². The minimum Gasteiger partial charge on any atom is -0.471 e. The van der Waals surface area contributed by atoms with Crippen molar-refractivity contribution in [2.45, 2.75) is 99.9 Å². The summed E-state index contributed by atoms with van der Waals surface area (Å²) < 4.78 is 46.0. The molecular formula is C33H46O19. The Morgan fingerprint density at radius 2 is 1.40 bits per heavy atom. The van der Waals surface area contributed by atoms with E-state index in [0.29, 0.717) is 6.29 Å². The second kappa shape index (κ2) is 17.0. The van der Waals surface area contributed by atoms with Gasteiger partial charge in [-0.15, -0.1) is 6.58 Å². The van der Waals surface area contributed by atoms with E-state index in [1.54, 1.807) is 13.0 Å². The minimum absolute atomic E-state index is 0.0494. The highest BCUT2D eigenvalue weighted by molar-refractivity contribution is 5.90. The molecule has 3 fully saturated rings.